The van der Waals surface area contributed by atoms with Gasteiger partial charge in [-0.3, -0.25) is 0 Å². The molecule has 0 fully saturated rings. The summed E-state index contributed by atoms with van der Waals surface area (Å²) in [4.78, 5) is 10.3. The Kier molecular flexibility index (Phi) is 5.24. The molecule has 0 aliphatic carbocycles. The van der Waals surface area contributed by atoms with Gasteiger partial charge in [-0.25, -0.2) is 18.4 Å². The predicted molar refractivity (Wildman–Crippen MR) is 123 cm³/mol. The van der Waals surface area contributed by atoms with Gasteiger partial charge < -0.3 is 11.1 Å². The second kappa shape index (κ2) is 8.35. The van der Waals surface area contributed by atoms with E-state index in [1.807, 2.05) is 11.4 Å². The first-order valence-corrected chi connectivity index (χ1v) is 10.8. The third-order valence-corrected chi connectivity index (χ3v) is 5.94. The molecule has 3 N–H and O–H groups in total. The number of nitrogen functional groups attached to an aromatic ring is 1. The lowest BCUT2D eigenvalue weighted by Crippen LogP contribution is -2.08. The zero-order valence-corrected chi connectivity index (χ0v) is 17.6. The number of anilines is 2. The number of nitrogens with one attached hydrogen (secondary N) is 1. The minimum absolute atomic E-state index is 0.245. The summed E-state index contributed by atoms with van der Waals surface area (Å²) in [5, 5.41) is 10.2. The Morgan fingerprint density at radius 2 is 1.78 bits per heavy atom. The minimum Gasteiger partial charge on any atom is -0.383 e. The molecule has 0 bridgehead atoms. The lowest BCUT2D eigenvalue weighted by Gasteiger charge is -2.09. The molecule has 0 saturated heterocycles. The van der Waals surface area contributed by atoms with Crippen LogP contribution in [0.5, 0.6) is 0 Å². The Morgan fingerprint density at radius 3 is 2.53 bits per heavy atom. The van der Waals surface area contributed by atoms with Gasteiger partial charge in [0.1, 0.15) is 17.5 Å². The maximum absolute atomic E-state index is 14.7. The standard InChI is InChI=1S/C23H18F2N6S/c24-14-7-9-15(10-8-14)31-21(26)19-20(17-5-1-2-6-18(17)25)28-23(29-22(19)30-31)27-12-11-16-4-3-13-32-16/h1-10,13H,11-12,26H2,(H,27,29,30). The third kappa shape index (κ3) is 3.78. The number of nitrogens with two attached hydrogens (primary N) is 1. The highest BCUT2D eigenvalue weighted by Gasteiger charge is 2.21. The second-order valence-corrected chi connectivity index (χ2v) is 8.14. The lowest BCUT2D eigenvalue weighted by atomic mass is 10.1. The molecule has 6 nitrogen and oxygen atoms in total. The molecule has 3 aromatic heterocycles. The maximum Gasteiger partial charge on any atom is 0.225 e. The highest BCUT2D eigenvalue weighted by atomic mass is 32.1. The number of aromatic nitrogens is 4. The molecule has 2 aromatic carbocycles. The van der Waals surface area contributed by atoms with Gasteiger partial charge in [0.05, 0.1) is 16.8 Å². The summed E-state index contributed by atoms with van der Waals surface area (Å²) in [6, 6.07) is 16.2. The van der Waals surface area contributed by atoms with Crippen molar-refractivity contribution in [2.45, 2.75) is 6.42 Å². The van der Waals surface area contributed by atoms with E-state index in [4.69, 9.17) is 5.73 Å². The summed E-state index contributed by atoms with van der Waals surface area (Å²) in [6.45, 7) is 0.608. The second-order valence-electron chi connectivity index (χ2n) is 7.10. The molecule has 0 atom stereocenters. The molecule has 0 amide bonds. The molecule has 0 aliphatic heterocycles. The highest BCUT2D eigenvalue weighted by Crippen LogP contribution is 2.34. The Balaban J connectivity index is 1.61. The molecule has 9 heteroatoms. The quantitative estimate of drug-likeness (QED) is 0.380. The summed E-state index contributed by atoms with van der Waals surface area (Å²) in [5.41, 5.74) is 7.92. The van der Waals surface area contributed by atoms with Crippen LogP contribution in [0.1, 0.15) is 4.88 Å². The number of thiophene rings is 1. The van der Waals surface area contributed by atoms with E-state index >= 15 is 0 Å². The van der Waals surface area contributed by atoms with Crippen LogP contribution in [0.15, 0.2) is 66.0 Å². The molecular formula is C23H18F2N6S. The van der Waals surface area contributed by atoms with Crippen LogP contribution in [-0.4, -0.2) is 26.3 Å². The number of nitrogens with zero attached hydrogens (tertiary/aromatic N) is 4. The summed E-state index contributed by atoms with van der Waals surface area (Å²) >= 11 is 1.68. The van der Waals surface area contributed by atoms with Crippen molar-refractivity contribution in [2.75, 3.05) is 17.6 Å². The maximum atomic E-state index is 14.7. The van der Waals surface area contributed by atoms with Crippen LogP contribution in [0, 0.1) is 11.6 Å². The first kappa shape index (κ1) is 20.1. The summed E-state index contributed by atoms with van der Waals surface area (Å²) < 4.78 is 29.5. The number of hydrogen-bond donors (Lipinski definition) is 2. The minimum atomic E-state index is -0.425. The van der Waals surface area contributed by atoms with Gasteiger partial charge in [-0.1, -0.05) is 18.2 Å². The fourth-order valence-electron chi connectivity index (χ4n) is 3.47. The molecule has 0 spiro atoms. The van der Waals surface area contributed by atoms with E-state index in [1.54, 1.807) is 41.7 Å². The van der Waals surface area contributed by atoms with Gasteiger partial charge in [-0.15, -0.1) is 16.4 Å². The normalized spacial score (nSPS) is 11.2. The van der Waals surface area contributed by atoms with Gasteiger partial charge in [0.25, 0.3) is 0 Å². The fraction of sp³-hybridized carbons (Fsp3) is 0.0870. The van der Waals surface area contributed by atoms with Gasteiger partial charge in [0, 0.05) is 17.0 Å². The van der Waals surface area contributed by atoms with E-state index in [0.29, 0.717) is 40.5 Å². The van der Waals surface area contributed by atoms with Crippen LogP contribution in [0.3, 0.4) is 0 Å². The molecule has 0 unspecified atom stereocenters. The fourth-order valence-corrected chi connectivity index (χ4v) is 4.18. The Hall–Kier alpha value is -3.85. The molecule has 0 aliphatic rings. The highest BCUT2D eigenvalue weighted by molar-refractivity contribution is 7.09. The average Bonchev–Trinajstić information content (AvgIpc) is 3.42. The van der Waals surface area contributed by atoms with Crippen molar-refractivity contribution in [3.63, 3.8) is 0 Å². The van der Waals surface area contributed by atoms with Gasteiger partial charge in [-0.2, -0.15) is 4.98 Å². The smallest absolute Gasteiger partial charge is 0.225 e. The molecule has 32 heavy (non-hydrogen) atoms. The monoisotopic (exact) mass is 448 g/mol. The SMILES string of the molecule is Nc1c2c(-c3ccccc3F)nc(NCCc3cccs3)nc2nn1-c1ccc(F)cc1. The van der Waals surface area contributed by atoms with Gasteiger partial charge >= 0.3 is 0 Å². The van der Waals surface area contributed by atoms with E-state index in [-0.39, 0.29) is 11.6 Å². The Labute approximate surface area is 186 Å². The van der Waals surface area contributed by atoms with Crippen molar-refractivity contribution in [1.29, 1.82) is 0 Å². The topological polar surface area (TPSA) is 81.7 Å². The van der Waals surface area contributed by atoms with Crippen molar-refractivity contribution in [3.05, 3.63) is 82.6 Å². The number of hydrogen-bond acceptors (Lipinski definition) is 6. The average molecular weight is 449 g/mol. The predicted octanol–water partition coefficient (Wildman–Crippen LogP) is 5.06. The number of halogens is 2. The van der Waals surface area contributed by atoms with Crippen molar-refractivity contribution in [3.8, 4) is 16.9 Å². The number of rotatable bonds is 6. The molecule has 5 aromatic rings. The first-order valence-electron chi connectivity index (χ1n) is 9.93. The number of fused-ring (bicyclic) bond motifs is 1. The van der Waals surface area contributed by atoms with Crippen LogP contribution in [-0.2, 0) is 6.42 Å². The van der Waals surface area contributed by atoms with Crippen molar-refractivity contribution >= 4 is 34.1 Å². The van der Waals surface area contributed by atoms with E-state index in [1.165, 1.54) is 27.8 Å². The van der Waals surface area contributed by atoms with Gasteiger partial charge in [0.2, 0.25) is 5.95 Å². The van der Waals surface area contributed by atoms with Crippen molar-refractivity contribution in [1.82, 2.24) is 19.7 Å². The van der Waals surface area contributed by atoms with Crippen LogP contribution in [0.2, 0.25) is 0 Å². The largest absolute Gasteiger partial charge is 0.383 e. The van der Waals surface area contributed by atoms with Crippen LogP contribution >= 0.6 is 11.3 Å². The molecular weight excluding hydrogens is 430 g/mol. The van der Waals surface area contributed by atoms with Crippen LogP contribution < -0.4 is 11.1 Å². The zero-order valence-electron chi connectivity index (χ0n) is 16.8. The Bertz CT molecular complexity index is 1380. The summed E-state index contributed by atoms with van der Waals surface area (Å²) in [7, 11) is 0. The molecule has 3 heterocycles. The first-order chi connectivity index (χ1) is 15.6. The number of benzene rings is 2. The van der Waals surface area contributed by atoms with Crippen molar-refractivity contribution in [2.24, 2.45) is 0 Å². The molecule has 0 saturated carbocycles. The molecule has 0 radical (unpaired) electrons. The Morgan fingerprint density at radius 1 is 0.969 bits per heavy atom. The van der Waals surface area contributed by atoms with E-state index in [0.717, 1.165) is 6.42 Å². The van der Waals surface area contributed by atoms with Crippen molar-refractivity contribution < 1.29 is 8.78 Å². The van der Waals surface area contributed by atoms with E-state index in [2.05, 4.69) is 26.4 Å². The summed E-state index contributed by atoms with van der Waals surface area (Å²) in [6.07, 6.45) is 0.806. The van der Waals surface area contributed by atoms with Gasteiger partial charge in [-0.05, 0) is 54.3 Å². The molecule has 160 valence electrons. The van der Waals surface area contributed by atoms with E-state index in [9.17, 15) is 8.78 Å². The van der Waals surface area contributed by atoms with Gasteiger partial charge in [0.15, 0.2) is 5.65 Å². The molecule has 5 rings (SSSR count). The van der Waals surface area contributed by atoms with Crippen LogP contribution in [0.25, 0.3) is 28.0 Å². The van der Waals surface area contributed by atoms with E-state index < -0.39 is 5.82 Å². The van der Waals surface area contributed by atoms with Crippen LogP contribution in [0.4, 0.5) is 20.5 Å². The third-order valence-electron chi connectivity index (χ3n) is 5.00. The summed E-state index contributed by atoms with van der Waals surface area (Å²) in [5.74, 6) is -0.217. The lowest BCUT2D eigenvalue weighted by molar-refractivity contribution is 0.627. The zero-order chi connectivity index (χ0) is 22.1.